The smallest absolute Gasteiger partial charge is 0.224 e. The van der Waals surface area contributed by atoms with E-state index in [9.17, 15) is 9.90 Å². The number of imidazole rings is 1. The first kappa shape index (κ1) is 18.7. The molecule has 7 heteroatoms. The van der Waals surface area contributed by atoms with Gasteiger partial charge in [0.1, 0.15) is 23.9 Å². The summed E-state index contributed by atoms with van der Waals surface area (Å²) in [6.45, 7) is 7.69. The van der Waals surface area contributed by atoms with Crippen molar-refractivity contribution in [3.63, 3.8) is 0 Å². The lowest BCUT2D eigenvalue weighted by atomic mass is 9.97. The highest BCUT2D eigenvalue weighted by molar-refractivity contribution is 5.78. The third kappa shape index (κ3) is 3.42. The Hall–Kier alpha value is -2.67. The molecule has 1 aliphatic heterocycles. The molecule has 28 heavy (non-hydrogen) atoms. The minimum atomic E-state index is -0.148. The predicted octanol–water partition coefficient (Wildman–Crippen LogP) is 2.79. The van der Waals surface area contributed by atoms with E-state index >= 15 is 0 Å². The van der Waals surface area contributed by atoms with Crippen LogP contribution in [0.2, 0.25) is 0 Å². The molecule has 1 aromatic carbocycles. The number of aromatic nitrogens is 3. The SMILES string of the molecule is CC(C)(C)c1nc2c(o1)CCN(C(=O)CCn1c(CO)nc3ccccc31)C2. The van der Waals surface area contributed by atoms with Crippen molar-refractivity contribution in [3.05, 3.63) is 47.4 Å². The Morgan fingerprint density at radius 1 is 1.25 bits per heavy atom. The summed E-state index contributed by atoms with van der Waals surface area (Å²) in [5.41, 5.74) is 2.49. The molecule has 0 saturated heterocycles. The number of aryl methyl sites for hydroxylation is 1. The Morgan fingerprint density at radius 3 is 2.79 bits per heavy atom. The molecular formula is C21H26N4O3. The Morgan fingerprint density at radius 2 is 2.04 bits per heavy atom. The van der Waals surface area contributed by atoms with E-state index in [1.807, 2.05) is 33.7 Å². The van der Waals surface area contributed by atoms with Gasteiger partial charge in [0.05, 0.1) is 17.6 Å². The zero-order valence-corrected chi connectivity index (χ0v) is 16.6. The van der Waals surface area contributed by atoms with Crippen molar-refractivity contribution in [2.24, 2.45) is 0 Å². The summed E-state index contributed by atoms with van der Waals surface area (Å²) < 4.78 is 7.83. The zero-order chi connectivity index (χ0) is 19.9. The number of benzene rings is 1. The number of para-hydroxylation sites is 2. The van der Waals surface area contributed by atoms with Crippen LogP contribution in [-0.2, 0) is 36.3 Å². The molecule has 1 amide bonds. The van der Waals surface area contributed by atoms with Gasteiger partial charge in [0.25, 0.3) is 0 Å². The van der Waals surface area contributed by atoms with Crippen molar-refractivity contribution >= 4 is 16.9 Å². The average Bonchev–Trinajstić information content (AvgIpc) is 3.26. The molecule has 0 atom stereocenters. The third-order valence-corrected chi connectivity index (χ3v) is 5.15. The second-order valence-corrected chi connectivity index (χ2v) is 8.28. The lowest BCUT2D eigenvalue weighted by Gasteiger charge is -2.25. The molecule has 0 fully saturated rings. The lowest BCUT2D eigenvalue weighted by molar-refractivity contribution is -0.132. The monoisotopic (exact) mass is 382 g/mol. The fourth-order valence-corrected chi connectivity index (χ4v) is 3.59. The van der Waals surface area contributed by atoms with Crippen LogP contribution in [0, 0.1) is 0 Å². The van der Waals surface area contributed by atoms with E-state index in [1.165, 1.54) is 0 Å². The lowest BCUT2D eigenvalue weighted by Crippen LogP contribution is -2.36. The summed E-state index contributed by atoms with van der Waals surface area (Å²) in [4.78, 5) is 23.7. The molecule has 0 saturated carbocycles. The highest BCUT2D eigenvalue weighted by Gasteiger charge is 2.29. The van der Waals surface area contributed by atoms with Crippen molar-refractivity contribution in [1.29, 1.82) is 0 Å². The average molecular weight is 382 g/mol. The quantitative estimate of drug-likeness (QED) is 0.750. The molecule has 1 aliphatic rings. The van der Waals surface area contributed by atoms with E-state index in [1.54, 1.807) is 0 Å². The van der Waals surface area contributed by atoms with Crippen molar-refractivity contribution in [1.82, 2.24) is 19.4 Å². The number of hydrogen-bond acceptors (Lipinski definition) is 5. The number of hydrogen-bond donors (Lipinski definition) is 1. The summed E-state index contributed by atoms with van der Waals surface area (Å²) in [6.07, 6.45) is 1.05. The van der Waals surface area contributed by atoms with Gasteiger partial charge >= 0.3 is 0 Å². The number of fused-ring (bicyclic) bond motifs is 2. The van der Waals surface area contributed by atoms with Crippen molar-refractivity contribution < 1.29 is 14.3 Å². The molecule has 4 rings (SSSR count). The Balaban J connectivity index is 1.46. The number of amides is 1. The van der Waals surface area contributed by atoms with E-state index in [0.29, 0.717) is 38.3 Å². The maximum atomic E-state index is 12.8. The first-order chi connectivity index (χ1) is 13.4. The van der Waals surface area contributed by atoms with Gasteiger partial charge in [-0.3, -0.25) is 4.79 Å². The number of aliphatic hydroxyl groups is 1. The second-order valence-electron chi connectivity index (χ2n) is 8.28. The van der Waals surface area contributed by atoms with Gasteiger partial charge in [-0.25, -0.2) is 9.97 Å². The predicted molar refractivity (Wildman–Crippen MR) is 105 cm³/mol. The number of nitrogens with zero attached hydrogens (tertiary/aromatic N) is 4. The van der Waals surface area contributed by atoms with Gasteiger partial charge in [0.15, 0.2) is 5.89 Å². The Bertz CT molecular complexity index is 1010. The summed E-state index contributed by atoms with van der Waals surface area (Å²) in [5.74, 6) is 2.29. The molecule has 0 radical (unpaired) electrons. The van der Waals surface area contributed by atoms with Gasteiger partial charge < -0.3 is 19.0 Å². The van der Waals surface area contributed by atoms with Crippen LogP contribution in [0.1, 0.15) is 50.4 Å². The normalized spacial score (nSPS) is 14.5. The minimum absolute atomic E-state index is 0.0765. The largest absolute Gasteiger partial charge is 0.445 e. The Labute approximate surface area is 164 Å². The molecule has 1 N–H and O–H groups in total. The van der Waals surface area contributed by atoms with Crippen molar-refractivity contribution in [2.75, 3.05) is 6.54 Å². The molecule has 148 valence electrons. The van der Waals surface area contributed by atoms with Gasteiger partial charge in [-0.05, 0) is 12.1 Å². The molecule has 2 aromatic heterocycles. The van der Waals surface area contributed by atoms with Crippen molar-refractivity contribution in [3.8, 4) is 0 Å². The highest BCUT2D eigenvalue weighted by Crippen LogP contribution is 2.27. The maximum absolute atomic E-state index is 12.8. The van der Waals surface area contributed by atoms with Crippen LogP contribution in [-0.4, -0.2) is 37.0 Å². The van der Waals surface area contributed by atoms with Gasteiger partial charge in [-0.2, -0.15) is 0 Å². The number of oxazole rings is 1. The topological polar surface area (TPSA) is 84.4 Å². The van der Waals surface area contributed by atoms with Crippen LogP contribution in [0.4, 0.5) is 0 Å². The summed E-state index contributed by atoms with van der Waals surface area (Å²) >= 11 is 0. The molecular weight excluding hydrogens is 356 g/mol. The van der Waals surface area contributed by atoms with Crippen LogP contribution >= 0.6 is 0 Å². The summed E-state index contributed by atoms with van der Waals surface area (Å²) in [5, 5.41) is 9.61. The second kappa shape index (κ2) is 7.05. The molecule has 0 bridgehead atoms. The van der Waals surface area contributed by atoms with E-state index in [0.717, 1.165) is 28.4 Å². The number of carbonyl (C=O) groups is 1. The standard InChI is InChI=1S/C21H26N4O3/c1-21(2,3)20-23-15-12-24(10-8-17(15)28-20)19(27)9-11-25-16-7-5-4-6-14(16)22-18(25)13-26/h4-7,26H,8-13H2,1-3H3. The van der Waals surface area contributed by atoms with E-state index in [4.69, 9.17) is 4.42 Å². The van der Waals surface area contributed by atoms with E-state index < -0.39 is 0 Å². The number of carbonyl (C=O) groups excluding carboxylic acids is 1. The van der Waals surface area contributed by atoms with Crippen LogP contribution in [0.3, 0.4) is 0 Å². The van der Waals surface area contributed by atoms with Crippen LogP contribution in [0.15, 0.2) is 28.7 Å². The molecule has 0 unspecified atom stereocenters. The van der Waals surface area contributed by atoms with E-state index in [-0.39, 0.29) is 17.9 Å². The van der Waals surface area contributed by atoms with Crippen LogP contribution in [0.25, 0.3) is 11.0 Å². The Kier molecular flexibility index (Phi) is 4.71. The first-order valence-electron chi connectivity index (χ1n) is 9.68. The van der Waals surface area contributed by atoms with Gasteiger partial charge in [0, 0.05) is 31.3 Å². The molecule has 3 heterocycles. The van der Waals surface area contributed by atoms with Gasteiger partial charge in [-0.15, -0.1) is 0 Å². The van der Waals surface area contributed by atoms with E-state index in [2.05, 4.69) is 30.7 Å². The number of aliphatic hydroxyl groups excluding tert-OH is 1. The molecule has 0 spiro atoms. The molecule has 3 aromatic rings. The molecule has 7 nitrogen and oxygen atoms in total. The molecule has 0 aliphatic carbocycles. The fourth-order valence-electron chi connectivity index (χ4n) is 3.59. The summed E-state index contributed by atoms with van der Waals surface area (Å²) in [6, 6.07) is 7.73. The highest BCUT2D eigenvalue weighted by atomic mass is 16.4. The maximum Gasteiger partial charge on any atom is 0.224 e. The first-order valence-corrected chi connectivity index (χ1v) is 9.68. The van der Waals surface area contributed by atoms with Crippen LogP contribution < -0.4 is 0 Å². The number of rotatable bonds is 4. The van der Waals surface area contributed by atoms with Crippen LogP contribution in [0.5, 0.6) is 0 Å². The minimum Gasteiger partial charge on any atom is -0.445 e. The van der Waals surface area contributed by atoms with Gasteiger partial charge in [-0.1, -0.05) is 32.9 Å². The third-order valence-electron chi connectivity index (χ3n) is 5.15. The summed E-state index contributed by atoms with van der Waals surface area (Å²) in [7, 11) is 0. The van der Waals surface area contributed by atoms with Gasteiger partial charge in [0.2, 0.25) is 5.91 Å². The van der Waals surface area contributed by atoms with Crippen molar-refractivity contribution in [2.45, 2.75) is 58.7 Å². The zero-order valence-electron chi connectivity index (χ0n) is 16.6. The fraction of sp³-hybridized carbons (Fsp3) is 0.476.